The third-order valence-electron chi connectivity index (χ3n) is 2.16. The van der Waals surface area contributed by atoms with Crippen LogP contribution >= 0.6 is 0 Å². The van der Waals surface area contributed by atoms with E-state index in [0.29, 0.717) is 31.8 Å². The van der Waals surface area contributed by atoms with Crippen LogP contribution in [0.2, 0.25) is 0 Å². The van der Waals surface area contributed by atoms with E-state index in [4.69, 9.17) is 9.52 Å². The first kappa shape index (κ1) is 14.7. The zero-order valence-electron chi connectivity index (χ0n) is 9.97. The van der Waals surface area contributed by atoms with Gasteiger partial charge in [-0.2, -0.15) is 0 Å². The van der Waals surface area contributed by atoms with Crippen LogP contribution < -0.4 is 10.0 Å². The molecule has 0 bridgehead atoms. The average Bonchev–Trinajstić information content (AvgIpc) is 2.69. The molecule has 0 fully saturated rings. The molecule has 0 aliphatic rings. The van der Waals surface area contributed by atoms with Gasteiger partial charge in [0.2, 0.25) is 10.0 Å². The average molecular weight is 276 g/mol. The number of aromatic carboxylic acids is 1. The van der Waals surface area contributed by atoms with Crippen LogP contribution in [0.5, 0.6) is 0 Å². The number of hydrogen-bond acceptors (Lipinski definition) is 5. The highest BCUT2D eigenvalue weighted by Gasteiger charge is 2.12. The molecule has 0 aromatic carbocycles. The Morgan fingerprint density at radius 1 is 1.44 bits per heavy atom. The molecule has 1 rings (SSSR count). The first-order valence-corrected chi connectivity index (χ1v) is 7.24. The molecular weight excluding hydrogens is 260 g/mol. The van der Waals surface area contributed by atoms with Gasteiger partial charge in [-0.15, -0.1) is 0 Å². The minimum Gasteiger partial charge on any atom is -0.478 e. The Morgan fingerprint density at radius 3 is 2.78 bits per heavy atom. The zero-order valence-corrected chi connectivity index (χ0v) is 10.8. The van der Waals surface area contributed by atoms with Crippen molar-refractivity contribution in [1.29, 1.82) is 0 Å². The third kappa shape index (κ3) is 5.30. The number of carbonyl (C=O) groups is 1. The van der Waals surface area contributed by atoms with E-state index < -0.39 is 16.0 Å². The summed E-state index contributed by atoms with van der Waals surface area (Å²) in [6.45, 7) is 1.20. The van der Waals surface area contributed by atoms with Gasteiger partial charge >= 0.3 is 5.97 Å². The van der Waals surface area contributed by atoms with Crippen molar-refractivity contribution in [3.8, 4) is 0 Å². The number of nitrogens with one attached hydrogen (secondary N) is 2. The maximum atomic E-state index is 10.8. The van der Waals surface area contributed by atoms with Crippen molar-refractivity contribution in [2.75, 3.05) is 19.3 Å². The van der Waals surface area contributed by atoms with Gasteiger partial charge in [-0.3, -0.25) is 0 Å². The van der Waals surface area contributed by atoms with Crippen molar-refractivity contribution >= 4 is 16.0 Å². The lowest BCUT2D eigenvalue weighted by Gasteiger charge is -2.04. The Bertz CT molecular complexity index is 494. The SMILES string of the molecule is CS(=O)(=O)NCCCNCc1occc1C(=O)O. The molecule has 1 aromatic rings. The topological polar surface area (TPSA) is 109 Å². The van der Waals surface area contributed by atoms with Crippen molar-refractivity contribution < 1.29 is 22.7 Å². The van der Waals surface area contributed by atoms with E-state index in [2.05, 4.69) is 10.0 Å². The fourth-order valence-corrected chi connectivity index (χ4v) is 1.86. The van der Waals surface area contributed by atoms with E-state index in [9.17, 15) is 13.2 Å². The van der Waals surface area contributed by atoms with E-state index in [-0.39, 0.29) is 5.56 Å². The second kappa shape index (κ2) is 6.53. The molecule has 1 aromatic heterocycles. The van der Waals surface area contributed by atoms with Gasteiger partial charge in [-0.05, 0) is 19.0 Å². The lowest BCUT2D eigenvalue weighted by molar-refractivity contribution is 0.0694. The van der Waals surface area contributed by atoms with Gasteiger partial charge in [0.15, 0.2) is 0 Å². The third-order valence-corrected chi connectivity index (χ3v) is 2.88. The predicted octanol–water partition coefficient (Wildman–Crippen LogP) is 0.00670. The molecule has 0 aliphatic heterocycles. The molecule has 0 radical (unpaired) electrons. The van der Waals surface area contributed by atoms with Crippen molar-refractivity contribution in [2.45, 2.75) is 13.0 Å². The van der Waals surface area contributed by atoms with E-state index in [1.807, 2.05) is 0 Å². The number of sulfonamides is 1. The summed E-state index contributed by atoms with van der Waals surface area (Å²) in [4.78, 5) is 10.8. The molecule has 0 unspecified atom stereocenters. The molecule has 0 atom stereocenters. The van der Waals surface area contributed by atoms with E-state index in [1.165, 1.54) is 12.3 Å². The van der Waals surface area contributed by atoms with E-state index >= 15 is 0 Å². The quantitative estimate of drug-likeness (QED) is 0.577. The van der Waals surface area contributed by atoms with E-state index in [0.717, 1.165) is 6.26 Å². The Balaban J connectivity index is 2.22. The van der Waals surface area contributed by atoms with Gasteiger partial charge in [0, 0.05) is 6.54 Å². The highest BCUT2D eigenvalue weighted by atomic mass is 32.2. The molecule has 0 spiro atoms. The van der Waals surface area contributed by atoms with Crippen LogP contribution in [0, 0.1) is 0 Å². The minimum absolute atomic E-state index is 0.136. The van der Waals surface area contributed by atoms with Gasteiger partial charge in [-0.25, -0.2) is 17.9 Å². The largest absolute Gasteiger partial charge is 0.478 e. The minimum atomic E-state index is -3.15. The zero-order chi connectivity index (χ0) is 13.6. The molecule has 0 aliphatic carbocycles. The van der Waals surface area contributed by atoms with Crippen LogP contribution in [0.1, 0.15) is 22.5 Å². The maximum absolute atomic E-state index is 10.8. The summed E-state index contributed by atoms with van der Waals surface area (Å²) in [5.74, 6) is -0.669. The van der Waals surface area contributed by atoms with Crippen molar-refractivity contribution in [1.82, 2.24) is 10.0 Å². The smallest absolute Gasteiger partial charge is 0.339 e. The molecule has 0 amide bonds. The first-order chi connectivity index (χ1) is 8.40. The predicted molar refractivity (Wildman–Crippen MR) is 64.8 cm³/mol. The Kier molecular flexibility index (Phi) is 5.32. The maximum Gasteiger partial charge on any atom is 0.339 e. The molecular formula is C10H16N2O5S. The number of furan rings is 1. The van der Waals surface area contributed by atoms with Crippen LogP contribution in [0.3, 0.4) is 0 Å². The van der Waals surface area contributed by atoms with Crippen LogP contribution in [0.4, 0.5) is 0 Å². The Hall–Kier alpha value is -1.38. The standard InChI is InChI=1S/C10H16N2O5S/c1-18(15,16)12-5-2-4-11-7-9-8(10(13)14)3-6-17-9/h3,6,11-12H,2,4-5,7H2,1H3,(H,13,14). The fourth-order valence-electron chi connectivity index (χ4n) is 1.34. The summed E-state index contributed by atoms with van der Waals surface area (Å²) >= 11 is 0. The first-order valence-electron chi connectivity index (χ1n) is 5.35. The molecule has 0 saturated carbocycles. The van der Waals surface area contributed by atoms with Gasteiger partial charge in [0.05, 0.1) is 19.1 Å². The van der Waals surface area contributed by atoms with Gasteiger partial charge in [-0.1, -0.05) is 0 Å². The lowest BCUT2D eigenvalue weighted by atomic mass is 10.2. The van der Waals surface area contributed by atoms with Crippen molar-refractivity contribution in [3.63, 3.8) is 0 Å². The van der Waals surface area contributed by atoms with Crippen LogP contribution in [0.25, 0.3) is 0 Å². The molecule has 1 heterocycles. The monoisotopic (exact) mass is 276 g/mol. The normalized spacial score (nSPS) is 11.6. The number of carboxylic acid groups (broad SMARTS) is 1. The Morgan fingerprint density at radius 2 is 2.17 bits per heavy atom. The van der Waals surface area contributed by atoms with Crippen LogP contribution in [0.15, 0.2) is 16.7 Å². The molecule has 7 nitrogen and oxygen atoms in total. The van der Waals surface area contributed by atoms with Crippen LogP contribution in [-0.2, 0) is 16.6 Å². The van der Waals surface area contributed by atoms with Gasteiger partial charge in [0.1, 0.15) is 11.3 Å². The van der Waals surface area contributed by atoms with E-state index in [1.54, 1.807) is 0 Å². The fraction of sp³-hybridized carbons (Fsp3) is 0.500. The molecule has 102 valence electrons. The van der Waals surface area contributed by atoms with Crippen molar-refractivity contribution in [3.05, 3.63) is 23.7 Å². The highest BCUT2D eigenvalue weighted by molar-refractivity contribution is 7.88. The number of hydrogen-bond donors (Lipinski definition) is 3. The summed E-state index contributed by atoms with van der Waals surface area (Å²) in [5, 5.41) is 11.8. The molecule has 3 N–H and O–H groups in total. The Labute approximate surface area is 105 Å². The lowest BCUT2D eigenvalue weighted by Crippen LogP contribution is -2.26. The molecule has 0 saturated heterocycles. The summed E-state index contributed by atoms with van der Waals surface area (Å²) in [6, 6.07) is 1.39. The van der Waals surface area contributed by atoms with Crippen LogP contribution in [-0.4, -0.2) is 38.8 Å². The summed E-state index contributed by atoms with van der Waals surface area (Å²) in [7, 11) is -3.15. The second-order valence-electron chi connectivity index (χ2n) is 3.76. The van der Waals surface area contributed by atoms with Gasteiger partial charge < -0.3 is 14.8 Å². The number of rotatable bonds is 8. The molecule has 8 heteroatoms. The highest BCUT2D eigenvalue weighted by Crippen LogP contribution is 2.09. The second-order valence-corrected chi connectivity index (χ2v) is 5.59. The molecule has 18 heavy (non-hydrogen) atoms. The summed E-state index contributed by atoms with van der Waals surface area (Å²) in [6.07, 6.45) is 3.03. The van der Waals surface area contributed by atoms with Crippen molar-refractivity contribution in [2.24, 2.45) is 0 Å². The summed E-state index contributed by atoms with van der Waals surface area (Å²) < 4.78 is 28.9. The summed E-state index contributed by atoms with van der Waals surface area (Å²) in [5.41, 5.74) is 0.136. The number of carboxylic acids is 1. The van der Waals surface area contributed by atoms with Gasteiger partial charge in [0.25, 0.3) is 0 Å².